The highest BCUT2D eigenvalue weighted by molar-refractivity contribution is 9.10. The van der Waals surface area contributed by atoms with Crippen LogP contribution in [0.1, 0.15) is 50.4 Å². The smallest absolute Gasteiger partial charge is 0.191 e. The van der Waals surface area contributed by atoms with Gasteiger partial charge in [-0.25, -0.2) is 9.78 Å². The van der Waals surface area contributed by atoms with Crippen LogP contribution in [0.3, 0.4) is 0 Å². The Morgan fingerprint density at radius 3 is 2.57 bits per heavy atom. The summed E-state index contributed by atoms with van der Waals surface area (Å²) in [6.45, 7) is 5.74. The van der Waals surface area contributed by atoms with Gasteiger partial charge in [0.2, 0.25) is 0 Å². The van der Waals surface area contributed by atoms with E-state index in [1.165, 1.54) is 0 Å². The molecule has 0 bridgehead atoms. The minimum atomic E-state index is -0.382. The summed E-state index contributed by atoms with van der Waals surface area (Å²) in [5, 5.41) is 0. The first-order valence-corrected chi connectivity index (χ1v) is 7.91. The van der Waals surface area contributed by atoms with Gasteiger partial charge in [-0.1, -0.05) is 28.1 Å². The molecule has 21 heavy (non-hydrogen) atoms. The van der Waals surface area contributed by atoms with Crippen molar-refractivity contribution in [1.29, 1.82) is 0 Å². The lowest BCUT2D eigenvalue weighted by Gasteiger charge is -2.20. The van der Waals surface area contributed by atoms with Crippen molar-refractivity contribution in [3.05, 3.63) is 34.3 Å². The number of ether oxygens (including phenoxy) is 1. The average molecular weight is 357 g/mol. The summed E-state index contributed by atoms with van der Waals surface area (Å²) in [4.78, 5) is 22.7. The summed E-state index contributed by atoms with van der Waals surface area (Å²) < 4.78 is 6.66. The van der Waals surface area contributed by atoms with Gasteiger partial charge in [0.15, 0.2) is 12.1 Å². The molecule has 0 N–H and O–H groups in total. The summed E-state index contributed by atoms with van der Waals surface area (Å²) in [5.74, 6) is 0.0879. The Labute approximate surface area is 133 Å². The van der Waals surface area contributed by atoms with Crippen LogP contribution in [-0.2, 0) is 14.5 Å². The zero-order valence-corrected chi connectivity index (χ0v) is 14.2. The van der Waals surface area contributed by atoms with Crippen molar-refractivity contribution in [3.8, 4) is 0 Å². The zero-order valence-electron chi connectivity index (χ0n) is 12.6. The molecule has 1 aliphatic heterocycles. The van der Waals surface area contributed by atoms with E-state index in [4.69, 9.17) is 14.5 Å². The number of carbonyl (C=O) groups is 1. The Bertz CT molecular complexity index is 478. The van der Waals surface area contributed by atoms with Crippen molar-refractivity contribution >= 4 is 21.7 Å². The Hall–Kier alpha value is -0.750. The van der Waals surface area contributed by atoms with Gasteiger partial charge in [-0.15, -0.1) is 0 Å². The van der Waals surface area contributed by atoms with Crippen molar-refractivity contribution in [2.75, 3.05) is 0 Å². The first-order chi connectivity index (χ1) is 9.83. The van der Waals surface area contributed by atoms with E-state index in [0.29, 0.717) is 12.0 Å². The van der Waals surface area contributed by atoms with Crippen LogP contribution >= 0.6 is 15.9 Å². The van der Waals surface area contributed by atoms with Crippen molar-refractivity contribution in [1.82, 2.24) is 0 Å². The molecule has 4 nitrogen and oxygen atoms in total. The highest BCUT2D eigenvalue weighted by atomic mass is 79.9. The molecule has 116 valence electrons. The summed E-state index contributed by atoms with van der Waals surface area (Å²) in [7, 11) is 0. The van der Waals surface area contributed by atoms with Gasteiger partial charge >= 0.3 is 0 Å². The van der Waals surface area contributed by atoms with Crippen LogP contribution in [-0.4, -0.2) is 23.8 Å². The largest absolute Gasteiger partial charge is 0.346 e. The van der Waals surface area contributed by atoms with Gasteiger partial charge in [-0.3, -0.25) is 4.79 Å². The van der Waals surface area contributed by atoms with Gasteiger partial charge in [0.05, 0.1) is 11.7 Å². The second kappa shape index (κ2) is 7.01. The predicted molar refractivity (Wildman–Crippen MR) is 82.9 cm³/mol. The molecule has 1 saturated heterocycles. The average Bonchev–Trinajstić information content (AvgIpc) is 2.84. The molecular weight excluding hydrogens is 336 g/mol. The van der Waals surface area contributed by atoms with Crippen LogP contribution in [0.5, 0.6) is 0 Å². The molecule has 1 aliphatic rings. The number of halogens is 1. The van der Waals surface area contributed by atoms with Gasteiger partial charge in [0.1, 0.15) is 0 Å². The molecule has 0 unspecified atom stereocenters. The normalized spacial score (nSPS) is 22.5. The van der Waals surface area contributed by atoms with Crippen LogP contribution in [0.25, 0.3) is 0 Å². The lowest BCUT2D eigenvalue weighted by Crippen LogP contribution is -2.25. The second-order valence-electron chi connectivity index (χ2n) is 6.19. The molecule has 5 heteroatoms. The van der Waals surface area contributed by atoms with E-state index in [2.05, 4.69) is 15.9 Å². The fraction of sp³-hybridized carbons (Fsp3) is 0.562. The molecule has 2 atom stereocenters. The van der Waals surface area contributed by atoms with Gasteiger partial charge in [-0.05, 0) is 39.3 Å². The lowest BCUT2D eigenvalue weighted by atomic mass is 10.0. The third-order valence-electron chi connectivity index (χ3n) is 3.05. The molecule has 1 aromatic carbocycles. The van der Waals surface area contributed by atoms with Crippen molar-refractivity contribution in [2.24, 2.45) is 0 Å². The number of rotatable bonds is 5. The number of carbonyl (C=O) groups excluding carboxylic acids is 1. The van der Waals surface area contributed by atoms with E-state index >= 15 is 0 Å². The monoisotopic (exact) mass is 356 g/mol. The molecule has 0 amide bonds. The number of hydrogen-bond acceptors (Lipinski definition) is 4. The maximum atomic E-state index is 12.2. The zero-order chi connectivity index (χ0) is 15.5. The minimum Gasteiger partial charge on any atom is -0.346 e. The number of Topliss-reactive ketones (excluding diaryl/α,β-unsaturated/α-hetero) is 1. The molecule has 1 aromatic rings. The summed E-state index contributed by atoms with van der Waals surface area (Å²) in [6.07, 6.45) is 1.44. The minimum absolute atomic E-state index is 0.0879. The van der Waals surface area contributed by atoms with E-state index in [1.807, 2.05) is 45.0 Å². The topological polar surface area (TPSA) is 44.8 Å². The third kappa shape index (κ3) is 5.51. The molecule has 2 rings (SSSR count). The van der Waals surface area contributed by atoms with Crippen molar-refractivity contribution < 1.29 is 19.3 Å². The van der Waals surface area contributed by atoms with E-state index in [-0.39, 0.29) is 23.8 Å². The highest BCUT2D eigenvalue weighted by Crippen LogP contribution is 2.26. The number of ketones is 1. The maximum absolute atomic E-state index is 12.2. The fourth-order valence-electron chi connectivity index (χ4n) is 2.05. The highest BCUT2D eigenvalue weighted by Gasteiger charge is 2.29. The third-order valence-corrected chi connectivity index (χ3v) is 3.58. The van der Waals surface area contributed by atoms with E-state index in [9.17, 15) is 4.79 Å². The van der Waals surface area contributed by atoms with E-state index in [0.717, 1.165) is 17.3 Å². The van der Waals surface area contributed by atoms with Crippen LogP contribution in [0.2, 0.25) is 0 Å². The van der Waals surface area contributed by atoms with Gasteiger partial charge in [0, 0.05) is 22.9 Å². The SMILES string of the molecule is CC(C)(C)OO[C@H]1CC[C@@H](CC(=O)c2ccc(Br)cc2)O1. The Balaban J connectivity index is 1.79. The van der Waals surface area contributed by atoms with Crippen LogP contribution in [0, 0.1) is 0 Å². The van der Waals surface area contributed by atoms with Gasteiger partial charge in [-0.2, -0.15) is 0 Å². The molecule has 1 fully saturated rings. The summed E-state index contributed by atoms with van der Waals surface area (Å²) in [5.41, 5.74) is 0.339. The standard InChI is InChI=1S/C16H21BrO4/c1-16(2,3)21-20-15-9-8-13(19-15)10-14(18)11-4-6-12(17)7-5-11/h4-7,13,15H,8-10H2,1-3H3/t13-,15-/m0/s1. The molecule has 0 aromatic heterocycles. The van der Waals surface area contributed by atoms with E-state index in [1.54, 1.807) is 0 Å². The summed E-state index contributed by atoms with van der Waals surface area (Å²) >= 11 is 3.36. The van der Waals surface area contributed by atoms with E-state index < -0.39 is 0 Å². The first kappa shape index (κ1) is 16.6. The van der Waals surface area contributed by atoms with Gasteiger partial charge in [0.25, 0.3) is 0 Å². The summed E-state index contributed by atoms with van der Waals surface area (Å²) in [6, 6.07) is 7.37. The molecule has 0 aliphatic carbocycles. The molecule has 1 heterocycles. The Morgan fingerprint density at radius 1 is 1.29 bits per heavy atom. The number of benzene rings is 1. The molecule has 0 radical (unpaired) electrons. The van der Waals surface area contributed by atoms with Crippen LogP contribution in [0.4, 0.5) is 0 Å². The Morgan fingerprint density at radius 2 is 1.95 bits per heavy atom. The predicted octanol–water partition coefficient (Wildman–Crippen LogP) is 4.27. The Kier molecular flexibility index (Phi) is 5.54. The lowest BCUT2D eigenvalue weighted by molar-refractivity contribution is -0.411. The van der Waals surface area contributed by atoms with Crippen LogP contribution < -0.4 is 0 Å². The maximum Gasteiger partial charge on any atom is 0.191 e. The van der Waals surface area contributed by atoms with Crippen LogP contribution in [0.15, 0.2) is 28.7 Å². The fourth-order valence-corrected chi connectivity index (χ4v) is 2.32. The molecule has 0 saturated carbocycles. The van der Waals surface area contributed by atoms with Gasteiger partial charge < -0.3 is 4.74 Å². The molecular formula is C16H21BrO4. The molecule has 0 spiro atoms. The first-order valence-electron chi connectivity index (χ1n) is 7.12. The number of hydrogen-bond donors (Lipinski definition) is 0. The van der Waals surface area contributed by atoms with Crippen molar-refractivity contribution in [3.63, 3.8) is 0 Å². The second-order valence-corrected chi connectivity index (χ2v) is 7.11. The van der Waals surface area contributed by atoms with Crippen molar-refractivity contribution in [2.45, 2.75) is 58.0 Å². The quantitative estimate of drug-likeness (QED) is 0.448.